The summed E-state index contributed by atoms with van der Waals surface area (Å²) in [5, 5.41) is 12.1. The van der Waals surface area contributed by atoms with Crippen molar-refractivity contribution in [2.75, 3.05) is 6.54 Å². The van der Waals surface area contributed by atoms with E-state index in [2.05, 4.69) is 10.3 Å². The number of hydrogen-bond donors (Lipinski definition) is 1. The maximum atomic E-state index is 11.0. The Labute approximate surface area is 98.3 Å². The van der Waals surface area contributed by atoms with Crippen LogP contribution in [-0.2, 0) is 24.1 Å². The summed E-state index contributed by atoms with van der Waals surface area (Å²) in [7, 11) is 0. The van der Waals surface area contributed by atoms with Gasteiger partial charge in [-0.2, -0.15) is 5.26 Å². The van der Waals surface area contributed by atoms with Gasteiger partial charge in [0.05, 0.1) is 16.8 Å². The van der Waals surface area contributed by atoms with Gasteiger partial charge in [0.15, 0.2) is 0 Å². The van der Waals surface area contributed by atoms with E-state index in [1.807, 2.05) is 6.07 Å². The van der Waals surface area contributed by atoms with Gasteiger partial charge in [-0.1, -0.05) is 0 Å². The zero-order valence-corrected chi connectivity index (χ0v) is 9.77. The number of rotatable bonds is 4. The number of nitrogens with one attached hydrogen (secondary N) is 1. The molecule has 0 unspecified atom stereocenters. The third-order valence-electron chi connectivity index (χ3n) is 2.54. The van der Waals surface area contributed by atoms with E-state index < -0.39 is 0 Å². The Kier molecular flexibility index (Phi) is 3.52. The SMILES string of the molecule is N#CCC(=O)NCCc1nc2c(s1)CCC2. The minimum absolute atomic E-state index is 0.0611. The molecule has 0 saturated carbocycles. The molecule has 16 heavy (non-hydrogen) atoms. The highest BCUT2D eigenvalue weighted by Gasteiger charge is 2.16. The number of carbonyl (C=O) groups excluding carboxylic acids is 1. The first-order valence-corrected chi connectivity index (χ1v) is 6.22. The zero-order valence-electron chi connectivity index (χ0n) is 8.95. The fourth-order valence-electron chi connectivity index (χ4n) is 1.79. The van der Waals surface area contributed by atoms with E-state index >= 15 is 0 Å². The van der Waals surface area contributed by atoms with E-state index in [0.717, 1.165) is 24.3 Å². The fourth-order valence-corrected chi connectivity index (χ4v) is 2.95. The quantitative estimate of drug-likeness (QED) is 0.853. The van der Waals surface area contributed by atoms with Crippen LogP contribution in [0.1, 0.15) is 28.4 Å². The van der Waals surface area contributed by atoms with E-state index in [1.165, 1.54) is 17.0 Å². The second-order valence-electron chi connectivity index (χ2n) is 3.77. The van der Waals surface area contributed by atoms with Crippen LogP contribution in [0.25, 0.3) is 0 Å². The van der Waals surface area contributed by atoms with Crippen molar-refractivity contribution in [3.05, 3.63) is 15.6 Å². The van der Waals surface area contributed by atoms with Crippen LogP contribution < -0.4 is 5.32 Å². The standard InChI is InChI=1S/C11H13N3OS/c12-6-4-10(15)13-7-5-11-14-8-2-1-3-9(8)16-11/h1-5,7H2,(H,13,15). The van der Waals surface area contributed by atoms with Gasteiger partial charge in [-0.05, 0) is 19.3 Å². The molecule has 0 atom stereocenters. The molecule has 0 fully saturated rings. The second-order valence-corrected chi connectivity index (χ2v) is 4.93. The minimum Gasteiger partial charge on any atom is -0.355 e. The summed E-state index contributed by atoms with van der Waals surface area (Å²) in [5.41, 5.74) is 1.25. The van der Waals surface area contributed by atoms with Crippen molar-refractivity contribution in [3.63, 3.8) is 0 Å². The lowest BCUT2D eigenvalue weighted by atomic mass is 10.3. The fraction of sp³-hybridized carbons (Fsp3) is 0.545. The molecule has 0 aliphatic heterocycles. The Morgan fingerprint density at radius 1 is 1.56 bits per heavy atom. The lowest BCUT2D eigenvalue weighted by Gasteiger charge is -1.99. The molecule has 84 valence electrons. The van der Waals surface area contributed by atoms with Gasteiger partial charge in [-0.25, -0.2) is 4.98 Å². The molecule has 1 amide bonds. The summed E-state index contributed by atoms with van der Waals surface area (Å²) >= 11 is 1.76. The lowest BCUT2D eigenvalue weighted by molar-refractivity contribution is -0.120. The molecule has 1 heterocycles. The number of amides is 1. The molecule has 1 aliphatic rings. The molecular formula is C11H13N3OS. The number of nitrogens with zero attached hydrogens (tertiary/aromatic N) is 2. The van der Waals surface area contributed by atoms with Crippen molar-refractivity contribution in [1.29, 1.82) is 5.26 Å². The summed E-state index contributed by atoms with van der Waals surface area (Å²) in [6, 6.07) is 1.82. The highest BCUT2D eigenvalue weighted by atomic mass is 32.1. The summed E-state index contributed by atoms with van der Waals surface area (Å²) < 4.78 is 0. The molecule has 2 rings (SSSR count). The third-order valence-corrected chi connectivity index (χ3v) is 3.76. The summed E-state index contributed by atoms with van der Waals surface area (Å²) in [4.78, 5) is 17.0. The van der Waals surface area contributed by atoms with Crippen molar-refractivity contribution in [3.8, 4) is 6.07 Å². The average molecular weight is 235 g/mol. The molecule has 0 radical (unpaired) electrons. The molecule has 5 heteroatoms. The summed E-state index contributed by atoms with van der Waals surface area (Å²) in [5.74, 6) is -0.202. The first-order valence-electron chi connectivity index (χ1n) is 5.40. The van der Waals surface area contributed by atoms with Crippen LogP contribution in [0.15, 0.2) is 0 Å². The summed E-state index contributed by atoms with van der Waals surface area (Å²) in [6.07, 6.45) is 4.21. The lowest BCUT2D eigenvalue weighted by Crippen LogP contribution is -2.24. The topological polar surface area (TPSA) is 65.8 Å². The molecule has 1 N–H and O–H groups in total. The van der Waals surface area contributed by atoms with E-state index in [9.17, 15) is 4.79 Å². The second kappa shape index (κ2) is 5.08. The average Bonchev–Trinajstić information content (AvgIpc) is 2.78. The molecule has 0 aromatic carbocycles. The molecule has 0 bridgehead atoms. The smallest absolute Gasteiger partial charge is 0.234 e. The number of aromatic nitrogens is 1. The molecule has 4 nitrogen and oxygen atoms in total. The van der Waals surface area contributed by atoms with Crippen molar-refractivity contribution in [2.45, 2.75) is 32.1 Å². The predicted molar refractivity (Wildman–Crippen MR) is 61.1 cm³/mol. The van der Waals surface area contributed by atoms with Gasteiger partial charge >= 0.3 is 0 Å². The Balaban J connectivity index is 1.78. The number of fused-ring (bicyclic) bond motifs is 1. The third kappa shape index (κ3) is 2.58. The number of aryl methyl sites for hydroxylation is 2. The Morgan fingerprint density at radius 2 is 2.44 bits per heavy atom. The van der Waals surface area contributed by atoms with Crippen LogP contribution in [0.2, 0.25) is 0 Å². The highest BCUT2D eigenvalue weighted by Crippen LogP contribution is 2.27. The van der Waals surface area contributed by atoms with Crippen molar-refractivity contribution in [1.82, 2.24) is 10.3 Å². The van der Waals surface area contributed by atoms with E-state index in [4.69, 9.17) is 5.26 Å². The molecule has 1 aliphatic carbocycles. The molecule has 1 aromatic rings. The van der Waals surface area contributed by atoms with Gasteiger partial charge in [0.25, 0.3) is 0 Å². The monoisotopic (exact) mass is 235 g/mol. The van der Waals surface area contributed by atoms with Crippen LogP contribution in [-0.4, -0.2) is 17.4 Å². The van der Waals surface area contributed by atoms with Gasteiger partial charge < -0.3 is 5.32 Å². The van der Waals surface area contributed by atoms with Crippen molar-refractivity contribution < 1.29 is 4.79 Å². The Morgan fingerprint density at radius 3 is 3.19 bits per heavy atom. The van der Waals surface area contributed by atoms with Crippen LogP contribution in [0.5, 0.6) is 0 Å². The first-order chi connectivity index (χ1) is 7.79. The summed E-state index contributed by atoms with van der Waals surface area (Å²) in [6.45, 7) is 0.576. The Bertz CT molecular complexity index is 411. The predicted octanol–water partition coefficient (Wildman–Crippen LogP) is 1.20. The first kappa shape index (κ1) is 11.1. The number of hydrogen-bond acceptors (Lipinski definition) is 4. The van der Waals surface area contributed by atoms with Crippen LogP contribution >= 0.6 is 11.3 Å². The van der Waals surface area contributed by atoms with E-state index in [-0.39, 0.29) is 12.3 Å². The van der Waals surface area contributed by atoms with Crippen LogP contribution in [0, 0.1) is 11.3 Å². The van der Waals surface area contributed by atoms with Gasteiger partial charge in [-0.3, -0.25) is 4.79 Å². The van der Waals surface area contributed by atoms with Gasteiger partial charge in [0.1, 0.15) is 6.42 Å². The van der Waals surface area contributed by atoms with Gasteiger partial charge in [0.2, 0.25) is 5.91 Å². The molecule has 0 saturated heterocycles. The highest BCUT2D eigenvalue weighted by molar-refractivity contribution is 7.11. The minimum atomic E-state index is -0.202. The number of carbonyl (C=O) groups is 1. The van der Waals surface area contributed by atoms with Crippen molar-refractivity contribution in [2.24, 2.45) is 0 Å². The van der Waals surface area contributed by atoms with E-state index in [0.29, 0.717) is 6.54 Å². The molecule has 0 spiro atoms. The number of nitriles is 1. The Hall–Kier alpha value is -1.41. The van der Waals surface area contributed by atoms with Crippen LogP contribution in [0.4, 0.5) is 0 Å². The normalized spacial score (nSPS) is 13.2. The maximum Gasteiger partial charge on any atom is 0.234 e. The van der Waals surface area contributed by atoms with E-state index in [1.54, 1.807) is 11.3 Å². The van der Waals surface area contributed by atoms with Gasteiger partial charge in [-0.15, -0.1) is 11.3 Å². The maximum absolute atomic E-state index is 11.0. The number of thiazole rings is 1. The largest absolute Gasteiger partial charge is 0.355 e. The zero-order chi connectivity index (χ0) is 11.4. The molecule has 1 aromatic heterocycles. The van der Waals surface area contributed by atoms with Crippen LogP contribution in [0.3, 0.4) is 0 Å². The van der Waals surface area contributed by atoms with Gasteiger partial charge in [0, 0.05) is 17.8 Å². The van der Waals surface area contributed by atoms with Crippen molar-refractivity contribution >= 4 is 17.2 Å². The molecular weight excluding hydrogens is 222 g/mol.